The summed E-state index contributed by atoms with van der Waals surface area (Å²) in [4.78, 5) is 41.6. The number of aromatic nitrogens is 3. The highest BCUT2D eigenvalue weighted by Crippen LogP contribution is 2.59. The van der Waals surface area contributed by atoms with Gasteiger partial charge in [0.2, 0.25) is 0 Å². The molecule has 0 aliphatic heterocycles. The predicted molar refractivity (Wildman–Crippen MR) is 166 cm³/mol. The molecule has 1 N–H and O–H groups in total. The summed E-state index contributed by atoms with van der Waals surface area (Å²) in [6, 6.07) is 15.8. The fourth-order valence-electron chi connectivity index (χ4n) is 6.92. The van der Waals surface area contributed by atoms with E-state index >= 15 is 0 Å². The maximum Gasteiger partial charge on any atom is 0.312 e. The van der Waals surface area contributed by atoms with Crippen molar-refractivity contribution in [3.63, 3.8) is 0 Å². The number of nitrogens with zero attached hydrogens (tertiary/aromatic N) is 3. The van der Waals surface area contributed by atoms with Gasteiger partial charge in [0.05, 0.1) is 22.2 Å². The Morgan fingerprint density at radius 3 is 2.36 bits per heavy atom. The van der Waals surface area contributed by atoms with E-state index in [0.717, 1.165) is 37.8 Å². The van der Waals surface area contributed by atoms with Gasteiger partial charge in [-0.3, -0.25) is 9.59 Å². The van der Waals surface area contributed by atoms with E-state index in [0.29, 0.717) is 37.7 Å². The highest BCUT2D eigenvalue weighted by Gasteiger charge is 2.59. The van der Waals surface area contributed by atoms with Crippen molar-refractivity contribution >= 4 is 38.7 Å². The number of fused-ring (bicyclic) bond motifs is 4. The molecule has 42 heavy (non-hydrogen) atoms. The lowest BCUT2D eigenvalue weighted by atomic mass is 9.51. The number of hydrogen-bond acceptors (Lipinski definition) is 6. The fourth-order valence-corrected chi connectivity index (χ4v) is 7.28. The molecule has 3 aliphatic carbocycles. The number of pyridine rings is 1. The lowest BCUT2D eigenvalue weighted by Gasteiger charge is -2.57. The van der Waals surface area contributed by atoms with Crippen LogP contribution in [-0.2, 0) is 9.53 Å². The van der Waals surface area contributed by atoms with Crippen LogP contribution in [-0.4, -0.2) is 38.0 Å². The second kappa shape index (κ2) is 10.6. The predicted octanol–water partition coefficient (Wildman–Crippen LogP) is 7.32. The van der Waals surface area contributed by atoms with Crippen LogP contribution in [0.2, 0.25) is 0 Å². The Kier molecular flexibility index (Phi) is 7.16. The number of carbonyl (C=O) groups is 2. The lowest BCUT2D eigenvalue weighted by molar-refractivity contribution is -0.176. The van der Waals surface area contributed by atoms with E-state index in [1.54, 1.807) is 0 Å². The van der Waals surface area contributed by atoms with Crippen LogP contribution in [0.25, 0.3) is 22.2 Å². The molecule has 0 radical (unpaired) electrons. The van der Waals surface area contributed by atoms with E-state index in [-0.39, 0.29) is 17.8 Å². The van der Waals surface area contributed by atoms with Crippen molar-refractivity contribution in [2.24, 2.45) is 5.41 Å². The Labute approximate surface area is 254 Å². The molecule has 3 aliphatic rings. The number of carbonyl (C=O) groups excluding carboxylic acids is 2. The number of ether oxygens (including phenoxy) is 1. The van der Waals surface area contributed by atoms with Crippen molar-refractivity contribution < 1.29 is 14.3 Å². The minimum Gasteiger partial charge on any atom is -0.460 e. The molecule has 1 unspecified atom stereocenters. The highest BCUT2D eigenvalue weighted by atomic mass is 79.9. The minimum absolute atomic E-state index is 0.133. The molecular formula is C34H35BrN4O3. The summed E-state index contributed by atoms with van der Waals surface area (Å²) in [6.45, 7) is 7.69. The maximum absolute atomic E-state index is 14.5. The van der Waals surface area contributed by atoms with Gasteiger partial charge in [0.15, 0.2) is 0 Å². The summed E-state index contributed by atoms with van der Waals surface area (Å²) >= 11 is 3.60. The number of nitrogens with one attached hydrogen (secondary N) is 1. The van der Waals surface area contributed by atoms with Gasteiger partial charge in [-0.2, -0.15) is 0 Å². The van der Waals surface area contributed by atoms with Crippen molar-refractivity contribution in [1.82, 2.24) is 20.3 Å². The molecule has 4 aromatic rings. The summed E-state index contributed by atoms with van der Waals surface area (Å²) in [5.74, 6) is -0.417. The van der Waals surface area contributed by atoms with Crippen molar-refractivity contribution in [2.75, 3.05) is 0 Å². The fraction of sp³-hybridized carbons (Fsp3) is 0.382. The summed E-state index contributed by atoms with van der Waals surface area (Å²) in [5.41, 5.74) is 3.17. The van der Waals surface area contributed by atoms with Crippen molar-refractivity contribution in [3.8, 4) is 11.3 Å². The van der Waals surface area contributed by atoms with E-state index in [4.69, 9.17) is 9.72 Å². The Morgan fingerprint density at radius 2 is 1.69 bits per heavy atom. The first kappa shape index (κ1) is 28.5. The molecule has 8 heteroatoms. The van der Waals surface area contributed by atoms with Gasteiger partial charge in [-0.05, 0) is 89.1 Å². The molecule has 1 amide bonds. The number of amides is 1. The molecule has 7 nitrogen and oxygen atoms in total. The van der Waals surface area contributed by atoms with E-state index in [2.05, 4.69) is 31.2 Å². The third kappa shape index (κ3) is 5.10. The standard InChI is InChI=1S/C34H35BrN4O3/c1-21-28(25-16-24(35)10-11-27(25)38-29(21)22-8-6-5-7-9-22)30(40)39-34-14-12-33(13-15-34,31(41)42-32(2,3)4)17-26(34)23-18-36-20-37-19-23/h5-11,16,18-20,26H,12-15,17H2,1-4H3,(H,39,40). The normalized spacial score (nSPS) is 23.5. The molecule has 2 bridgehead atoms. The van der Waals surface area contributed by atoms with E-state index in [1.165, 1.54) is 6.33 Å². The summed E-state index contributed by atoms with van der Waals surface area (Å²) in [7, 11) is 0. The number of esters is 1. The Balaban J connectivity index is 1.42. The molecule has 7 rings (SSSR count). The van der Waals surface area contributed by atoms with Gasteiger partial charge >= 0.3 is 5.97 Å². The van der Waals surface area contributed by atoms with Crippen LogP contribution in [0.15, 0.2) is 71.7 Å². The van der Waals surface area contributed by atoms with Crippen molar-refractivity contribution in [2.45, 2.75) is 76.9 Å². The quantitative estimate of drug-likeness (QED) is 0.233. The summed E-state index contributed by atoms with van der Waals surface area (Å²) in [6.07, 6.45) is 8.34. The molecule has 2 aromatic carbocycles. The van der Waals surface area contributed by atoms with Gasteiger partial charge in [0.1, 0.15) is 11.9 Å². The monoisotopic (exact) mass is 626 g/mol. The first-order valence-electron chi connectivity index (χ1n) is 14.5. The Hall–Kier alpha value is -3.65. The van der Waals surface area contributed by atoms with Crippen LogP contribution >= 0.6 is 15.9 Å². The largest absolute Gasteiger partial charge is 0.460 e. The topological polar surface area (TPSA) is 94.1 Å². The van der Waals surface area contributed by atoms with Crippen LogP contribution < -0.4 is 5.32 Å². The van der Waals surface area contributed by atoms with Crippen LogP contribution in [0.4, 0.5) is 0 Å². The second-order valence-corrected chi connectivity index (χ2v) is 13.7. The average Bonchev–Trinajstić information content (AvgIpc) is 2.97. The van der Waals surface area contributed by atoms with Crippen molar-refractivity contribution in [1.29, 1.82) is 0 Å². The van der Waals surface area contributed by atoms with E-state index in [1.807, 2.05) is 88.6 Å². The van der Waals surface area contributed by atoms with Crippen LogP contribution in [0, 0.1) is 12.3 Å². The molecule has 0 spiro atoms. The second-order valence-electron chi connectivity index (χ2n) is 12.8. The van der Waals surface area contributed by atoms with E-state index in [9.17, 15) is 9.59 Å². The average molecular weight is 628 g/mol. The van der Waals surface area contributed by atoms with Crippen molar-refractivity contribution in [3.05, 3.63) is 88.4 Å². The Bertz CT molecular complexity index is 1660. The first-order valence-corrected chi connectivity index (χ1v) is 15.3. The molecule has 2 aromatic heterocycles. The molecule has 216 valence electrons. The van der Waals surface area contributed by atoms with Gasteiger partial charge < -0.3 is 10.1 Å². The van der Waals surface area contributed by atoms with Gasteiger partial charge in [0.25, 0.3) is 5.91 Å². The van der Waals surface area contributed by atoms with Gasteiger partial charge in [-0.1, -0.05) is 46.3 Å². The highest BCUT2D eigenvalue weighted by molar-refractivity contribution is 9.10. The third-order valence-electron chi connectivity index (χ3n) is 9.00. The van der Waals surface area contributed by atoms with Gasteiger partial charge in [-0.15, -0.1) is 0 Å². The van der Waals surface area contributed by atoms with Crippen LogP contribution in [0.3, 0.4) is 0 Å². The third-order valence-corrected chi connectivity index (χ3v) is 9.50. The first-order chi connectivity index (χ1) is 20.0. The number of benzene rings is 2. The molecule has 0 saturated heterocycles. The number of rotatable bonds is 5. The Morgan fingerprint density at radius 1 is 1.00 bits per heavy atom. The zero-order valence-corrected chi connectivity index (χ0v) is 26.0. The molecule has 3 fully saturated rings. The molecular weight excluding hydrogens is 592 g/mol. The number of halogens is 1. The maximum atomic E-state index is 14.5. The van der Waals surface area contributed by atoms with Crippen LogP contribution in [0.1, 0.15) is 80.3 Å². The molecule has 1 atom stereocenters. The molecule has 2 heterocycles. The zero-order chi connectivity index (χ0) is 29.7. The number of hydrogen-bond donors (Lipinski definition) is 1. The SMILES string of the molecule is Cc1c(-c2ccccc2)nc2ccc(Br)cc2c1C(=O)NC12CCC(C(=O)OC(C)(C)C)(CC1)CC2c1cncnc1. The molecule has 3 saturated carbocycles. The van der Waals surface area contributed by atoms with Crippen LogP contribution in [0.5, 0.6) is 0 Å². The summed E-state index contributed by atoms with van der Waals surface area (Å²) in [5, 5.41) is 4.33. The minimum atomic E-state index is -0.592. The zero-order valence-electron chi connectivity index (χ0n) is 24.4. The van der Waals surface area contributed by atoms with E-state index < -0.39 is 16.6 Å². The lowest BCUT2D eigenvalue weighted by Crippen LogP contribution is -2.62. The smallest absolute Gasteiger partial charge is 0.312 e. The van der Waals surface area contributed by atoms with Gasteiger partial charge in [0, 0.05) is 39.3 Å². The van der Waals surface area contributed by atoms with Gasteiger partial charge in [-0.25, -0.2) is 15.0 Å². The summed E-state index contributed by atoms with van der Waals surface area (Å²) < 4.78 is 6.81.